The quantitative estimate of drug-likeness (QED) is 0.491. The lowest BCUT2D eigenvalue weighted by atomic mass is 10.1. The van der Waals surface area contributed by atoms with Crippen molar-refractivity contribution >= 4 is 5.97 Å². The Morgan fingerprint density at radius 1 is 1.10 bits per heavy atom. The number of hydrogen-bond donors (Lipinski definition) is 0. The fraction of sp³-hybridized carbons (Fsp3) is 0.0952. The summed E-state index contributed by atoms with van der Waals surface area (Å²) in [5, 5.41) is 22.3. The molecule has 29 heavy (non-hydrogen) atoms. The Balaban J connectivity index is 1.59. The molecule has 2 heterocycles. The summed E-state index contributed by atoms with van der Waals surface area (Å²) in [4.78, 5) is 11.5. The minimum Gasteiger partial charge on any atom is -0.465 e. The van der Waals surface area contributed by atoms with E-state index in [2.05, 4.69) is 21.5 Å². The molecule has 0 saturated heterocycles. The molecule has 0 atom stereocenters. The highest BCUT2D eigenvalue weighted by atomic mass is 16.5. The van der Waals surface area contributed by atoms with Gasteiger partial charge in [0.1, 0.15) is 17.3 Å². The standard InChI is InChI=1S/C21H16N6O2/c1-29-21(28)17-9-7-15(8-10-17)12-26-13-18(11-22)20(24-26)27-14-19(23-25-27)16-5-3-2-4-6-16/h2-10,13-14H,12H2,1H3. The third kappa shape index (κ3) is 3.75. The van der Waals surface area contributed by atoms with E-state index in [1.165, 1.54) is 11.8 Å². The summed E-state index contributed by atoms with van der Waals surface area (Å²) in [6.07, 6.45) is 3.40. The zero-order valence-electron chi connectivity index (χ0n) is 15.6. The summed E-state index contributed by atoms with van der Waals surface area (Å²) in [6.45, 7) is 0.441. The average molecular weight is 384 g/mol. The Labute approximate surface area is 166 Å². The largest absolute Gasteiger partial charge is 0.465 e. The van der Waals surface area contributed by atoms with Crippen LogP contribution in [0.2, 0.25) is 0 Å². The highest BCUT2D eigenvalue weighted by Gasteiger charge is 2.14. The number of carbonyl (C=O) groups excluding carboxylic acids is 1. The molecule has 0 radical (unpaired) electrons. The smallest absolute Gasteiger partial charge is 0.337 e. The second kappa shape index (κ2) is 7.78. The molecule has 0 aliphatic heterocycles. The van der Waals surface area contributed by atoms with Gasteiger partial charge in [-0.3, -0.25) is 4.68 Å². The molecular formula is C21H16N6O2. The first-order valence-electron chi connectivity index (χ1n) is 8.81. The van der Waals surface area contributed by atoms with Gasteiger partial charge in [-0.1, -0.05) is 47.7 Å². The summed E-state index contributed by atoms with van der Waals surface area (Å²) in [5.74, 6) is 0.0263. The van der Waals surface area contributed by atoms with E-state index in [9.17, 15) is 10.1 Å². The van der Waals surface area contributed by atoms with Gasteiger partial charge in [-0.2, -0.15) is 15.0 Å². The van der Waals surface area contributed by atoms with Gasteiger partial charge in [0.05, 0.1) is 25.4 Å². The summed E-state index contributed by atoms with van der Waals surface area (Å²) < 4.78 is 7.86. The molecule has 0 spiro atoms. The second-order valence-electron chi connectivity index (χ2n) is 6.28. The van der Waals surface area contributed by atoms with Crippen LogP contribution in [0.3, 0.4) is 0 Å². The number of aromatic nitrogens is 5. The normalized spacial score (nSPS) is 10.5. The maximum atomic E-state index is 11.5. The van der Waals surface area contributed by atoms with Gasteiger partial charge in [-0.15, -0.1) is 5.10 Å². The maximum Gasteiger partial charge on any atom is 0.337 e. The maximum absolute atomic E-state index is 11.5. The van der Waals surface area contributed by atoms with Crippen molar-refractivity contribution in [2.24, 2.45) is 0 Å². The number of ether oxygens (including phenoxy) is 1. The fourth-order valence-electron chi connectivity index (χ4n) is 2.90. The molecule has 0 unspecified atom stereocenters. The number of nitriles is 1. The van der Waals surface area contributed by atoms with Gasteiger partial charge >= 0.3 is 5.97 Å². The van der Waals surface area contributed by atoms with E-state index in [0.29, 0.717) is 29.2 Å². The Morgan fingerprint density at radius 3 is 2.55 bits per heavy atom. The zero-order chi connectivity index (χ0) is 20.2. The van der Waals surface area contributed by atoms with Crippen LogP contribution in [0.25, 0.3) is 17.1 Å². The number of carbonyl (C=O) groups is 1. The van der Waals surface area contributed by atoms with Crippen molar-refractivity contribution in [3.05, 3.63) is 83.7 Å². The Kier molecular flexibility index (Phi) is 4.86. The highest BCUT2D eigenvalue weighted by molar-refractivity contribution is 5.89. The molecular weight excluding hydrogens is 368 g/mol. The average Bonchev–Trinajstić information content (AvgIpc) is 3.41. The Morgan fingerprint density at radius 2 is 1.86 bits per heavy atom. The minimum atomic E-state index is -0.384. The predicted octanol–water partition coefficient (Wildman–Crippen LogP) is 2.84. The van der Waals surface area contributed by atoms with Crippen molar-refractivity contribution in [3.8, 4) is 23.1 Å². The molecule has 0 amide bonds. The van der Waals surface area contributed by atoms with Gasteiger partial charge < -0.3 is 4.74 Å². The van der Waals surface area contributed by atoms with E-state index in [1.807, 2.05) is 42.5 Å². The van der Waals surface area contributed by atoms with Crippen molar-refractivity contribution in [2.75, 3.05) is 7.11 Å². The van der Waals surface area contributed by atoms with E-state index >= 15 is 0 Å². The third-order valence-corrected chi connectivity index (χ3v) is 4.36. The summed E-state index contributed by atoms with van der Waals surface area (Å²) in [6, 6.07) is 18.8. The molecule has 2 aromatic carbocycles. The molecule has 4 rings (SSSR count). The van der Waals surface area contributed by atoms with Gasteiger partial charge in [-0.05, 0) is 17.7 Å². The van der Waals surface area contributed by atoms with Crippen LogP contribution in [0.5, 0.6) is 0 Å². The van der Waals surface area contributed by atoms with E-state index in [0.717, 1.165) is 11.1 Å². The number of esters is 1. The molecule has 0 aliphatic rings. The molecule has 0 N–H and O–H groups in total. The van der Waals surface area contributed by atoms with E-state index in [4.69, 9.17) is 4.74 Å². The van der Waals surface area contributed by atoms with Crippen LogP contribution < -0.4 is 0 Å². The van der Waals surface area contributed by atoms with E-state index in [1.54, 1.807) is 29.2 Å². The fourth-order valence-corrected chi connectivity index (χ4v) is 2.90. The van der Waals surface area contributed by atoms with Crippen molar-refractivity contribution in [2.45, 2.75) is 6.54 Å². The lowest BCUT2D eigenvalue weighted by Gasteiger charge is -2.03. The molecule has 2 aromatic heterocycles. The van der Waals surface area contributed by atoms with E-state index in [-0.39, 0.29) is 5.97 Å². The van der Waals surface area contributed by atoms with E-state index < -0.39 is 0 Å². The minimum absolute atomic E-state index is 0.384. The zero-order valence-corrected chi connectivity index (χ0v) is 15.6. The number of hydrogen-bond acceptors (Lipinski definition) is 6. The first kappa shape index (κ1) is 18.1. The van der Waals surface area contributed by atoms with Gasteiger partial charge in [0, 0.05) is 11.8 Å². The number of nitrogens with zero attached hydrogens (tertiary/aromatic N) is 6. The van der Waals surface area contributed by atoms with Gasteiger partial charge in [-0.25, -0.2) is 4.79 Å². The number of methoxy groups -OCH3 is 1. The Bertz CT molecular complexity index is 1190. The first-order chi connectivity index (χ1) is 14.2. The number of rotatable bonds is 5. The molecule has 8 nitrogen and oxygen atoms in total. The van der Waals surface area contributed by atoms with Gasteiger partial charge in [0.2, 0.25) is 0 Å². The summed E-state index contributed by atoms with van der Waals surface area (Å²) >= 11 is 0. The lowest BCUT2D eigenvalue weighted by Crippen LogP contribution is -2.04. The van der Waals surface area contributed by atoms with Crippen LogP contribution in [0.4, 0.5) is 0 Å². The summed E-state index contributed by atoms with van der Waals surface area (Å²) in [5.41, 5.74) is 3.43. The van der Waals surface area contributed by atoms with Crippen molar-refractivity contribution in [1.29, 1.82) is 5.26 Å². The molecule has 0 bridgehead atoms. The molecule has 8 heteroatoms. The topological polar surface area (TPSA) is 98.6 Å². The van der Waals surface area contributed by atoms with Crippen molar-refractivity contribution in [3.63, 3.8) is 0 Å². The van der Waals surface area contributed by atoms with Crippen molar-refractivity contribution in [1.82, 2.24) is 24.8 Å². The molecule has 0 aliphatic carbocycles. The van der Waals surface area contributed by atoms with Crippen LogP contribution in [-0.2, 0) is 11.3 Å². The summed E-state index contributed by atoms with van der Waals surface area (Å²) in [7, 11) is 1.35. The second-order valence-corrected chi connectivity index (χ2v) is 6.28. The van der Waals surface area contributed by atoms with Gasteiger partial charge in [0.15, 0.2) is 5.82 Å². The van der Waals surface area contributed by atoms with Crippen LogP contribution in [-0.4, -0.2) is 37.9 Å². The van der Waals surface area contributed by atoms with Gasteiger partial charge in [0.25, 0.3) is 0 Å². The molecule has 4 aromatic rings. The van der Waals surface area contributed by atoms with Crippen LogP contribution >= 0.6 is 0 Å². The Hall–Kier alpha value is -4.25. The van der Waals surface area contributed by atoms with Crippen LogP contribution in [0, 0.1) is 11.3 Å². The molecule has 142 valence electrons. The highest BCUT2D eigenvalue weighted by Crippen LogP contribution is 2.18. The number of benzene rings is 2. The monoisotopic (exact) mass is 384 g/mol. The van der Waals surface area contributed by atoms with Crippen molar-refractivity contribution < 1.29 is 9.53 Å². The predicted molar refractivity (Wildman–Crippen MR) is 104 cm³/mol. The van der Waals surface area contributed by atoms with Crippen LogP contribution in [0.1, 0.15) is 21.5 Å². The molecule has 0 fully saturated rings. The molecule has 0 saturated carbocycles. The third-order valence-electron chi connectivity index (χ3n) is 4.36. The lowest BCUT2D eigenvalue weighted by molar-refractivity contribution is 0.0600. The van der Waals surface area contributed by atoms with Crippen LogP contribution in [0.15, 0.2) is 67.0 Å². The first-order valence-corrected chi connectivity index (χ1v) is 8.81. The SMILES string of the molecule is COC(=O)c1ccc(Cn2cc(C#N)c(-n3cc(-c4ccccc4)nn3)n2)cc1.